The third-order valence-corrected chi connectivity index (χ3v) is 4.06. The van der Waals surface area contributed by atoms with Crippen molar-refractivity contribution in [3.05, 3.63) is 48.0 Å². The number of amides is 1. The van der Waals surface area contributed by atoms with Gasteiger partial charge in [0.25, 0.3) is 0 Å². The van der Waals surface area contributed by atoms with Crippen LogP contribution in [0.25, 0.3) is 10.8 Å². The van der Waals surface area contributed by atoms with Crippen molar-refractivity contribution in [1.29, 1.82) is 0 Å². The normalized spacial score (nSPS) is 12.6. The third kappa shape index (κ3) is 3.29. The minimum absolute atomic E-state index is 0.00809. The average Bonchev–Trinajstić information content (AvgIpc) is 2.43. The Hall–Kier alpha value is -1.48. The van der Waals surface area contributed by atoms with Gasteiger partial charge in [-0.3, -0.25) is 4.79 Å². The van der Waals surface area contributed by atoms with Gasteiger partial charge >= 0.3 is 0 Å². The number of nitrogens with one attached hydrogen (secondary N) is 1. The number of carbonyl (C=O) groups excluding carboxylic acids is 1. The predicted molar refractivity (Wildman–Crippen MR) is 83.4 cm³/mol. The van der Waals surface area contributed by atoms with E-state index < -0.39 is 0 Å². The van der Waals surface area contributed by atoms with Crippen molar-refractivity contribution in [2.24, 2.45) is 5.92 Å². The van der Waals surface area contributed by atoms with E-state index in [9.17, 15) is 4.79 Å². The summed E-state index contributed by atoms with van der Waals surface area (Å²) in [7, 11) is 0. The maximum absolute atomic E-state index is 11.9. The van der Waals surface area contributed by atoms with E-state index in [1.807, 2.05) is 38.1 Å². The quantitative estimate of drug-likeness (QED) is 0.821. The summed E-state index contributed by atoms with van der Waals surface area (Å²) in [6, 6.07) is 14.3. The van der Waals surface area contributed by atoms with Gasteiger partial charge in [0.2, 0.25) is 5.91 Å². The molecule has 2 aromatic rings. The summed E-state index contributed by atoms with van der Waals surface area (Å²) >= 11 is 4.33. The van der Waals surface area contributed by atoms with Crippen molar-refractivity contribution in [2.45, 2.75) is 25.6 Å². The fourth-order valence-electron chi connectivity index (χ4n) is 2.04. The molecule has 3 heteroatoms. The molecule has 2 aromatic carbocycles. The van der Waals surface area contributed by atoms with Crippen LogP contribution in [-0.4, -0.2) is 11.2 Å². The Kier molecular flexibility index (Phi) is 4.48. The number of hydrogen-bond donors (Lipinski definition) is 2. The van der Waals surface area contributed by atoms with Gasteiger partial charge < -0.3 is 5.32 Å². The van der Waals surface area contributed by atoms with E-state index in [1.165, 1.54) is 10.8 Å². The van der Waals surface area contributed by atoms with Crippen LogP contribution in [0.3, 0.4) is 0 Å². The van der Waals surface area contributed by atoms with Crippen LogP contribution in [0.15, 0.2) is 42.5 Å². The fourth-order valence-corrected chi connectivity index (χ4v) is 2.13. The molecule has 0 bridgehead atoms. The molecule has 0 radical (unpaired) electrons. The molecule has 1 unspecified atom stereocenters. The Labute approximate surface area is 119 Å². The monoisotopic (exact) mass is 273 g/mol. The molecule has 0 fully saturated rings. The van der Waals surface area contributed by atoms with Crippen LogP contribution < -0.4 is 5.32 Å². The van der Waals surface area contributed by atoms with Crippen molar-refractivity contribution in [3.63, 3.8) is 0 Å². The first kappa shape index (κ1) is 13.9. The standard InChI is InChI=1S/C16H19NOS/c1-11(2)15(19)16(18)17-10-13-8-5-7-12-6-3-4-9-14(12)13/h3-9,11,15,19H,10H2,1-2H3,(H,17,18). The Morgan fingerprint density at radius 3 is 2.58 bits per heavy atom. The van der Waals surface area contributed by atoms with E-state index in [2.05, 4.69) is 36.1 Å². The molecule has 0 saturated carbocycles. The molecule has 0 aliphatic heterocycles. The number of fused-ring (bicyclic) bond motifs is 1. The minimum Gasteiger partial charge on any atom is -0.351 e. The first-order valence-electron chi connectivity index (χ1n) is 6.52. The molecule has 0 aliphatic carbocycles. The number of rotatable bonds is 4. The summed E-state index contributed by atoms with van der Waals surface area (Å²) in [6.45, 7) is 4.54. The van der Waals surface area contributed by atoms with Gasteiger partial charge in [0.15, 0.2) is 0 Å². The number of thiol groups is 1. The van der Waals surface area contributed by atoms with Crippen LogP contribution in [0, 0.1) is 5.92 Å². The number of carbonyl (C=O) groups is 1. The van der Waals surface area contributed by atoms with E-state index in [4.69, 9.17) is 0 Å². The Morgan fingerprint density at radius 2 is 1.84 bits per heavy atom. The lowest BCUT2D eigenvalue weighted by atomic mass is 10.0. The second kappa shape index (κ2) is 6.11. The van der Waals surface area contributed by atoms with Crippen LogP contribution in [0.1, 0.15) is 19.4 Å². The van der Waals surface area contributed by atoms with Crippen molar-refractivity contribution in [2.75, 3.05) is 0 Å². The van der Waals surface area contributed by atoms with E-state index in [0.717, 1.165) is 5.56 Å². The van der Waals surface area contributed by atoms with Crippen LogP contribution in [0.4, 0.5) is 0 Å². The van der Waals surface area contributed by atoms with Crippen LogP contribution in [-0.2, 0) is 11.3 Å². The summed E-state index contributed by atoms with van der Waals surface area (Å²) in [5, 5.41) is 5.08. The summed E-state index contributed by atoms with van der Waals surface area (Å²) < 4.78 is 0. The summed E-state index contributed by atoms with van der Waals surface area (Å²) in [5.74, 6) is 0.224. The average molecular weight is 273 g/mol. The first-order chi connectivity index (χ1) is 9.09. The smallest absolute Gasteiger partial charge is 0.233 e. The molecule has 1 N–H and O–H groups in total. The molecule has 0 aliphatic rings. The van der Waals surface area contributed by atoms with Gasteiger partial charge in [-0.2, -0.15) is 12.6 Å². The van der Waals surface area contributed by atoms with Gasteiger partial charge in [-0.05, 0) is 22.3 Å². The predicted octanol–water partition coefficient (Wildman–Crippen LogP) is 3.41. The maximum Gasteiger partial charge on any atom is 0.233 e. The zero-order valence-electron chi connectivity index (χ0n) is 11.3. The number of benzene rings is 2. The SMILES string of the molecule is CC(C)C(S)C(=O)NCc1cccc2ccccc12. The second-order valence-corrected chi connectivity index (χ2v) is 5.60. The Bertz CT molecular complexity index is 574. The molecule has 1 atom stereocenters. The van der Waals surface area contributed by atoms with Gasteiger partial charge in [-0.25, -0.2) is 0 Å². The van der Waals surface area contributed by atoms with Crippen LogP contribution >= 0.6 is 12.6 Å². The van der Waals surface area contributed by atoms with Gasteiger partial charge in [0.1, 0.15) is 0 Å². The zero-order valence-corrected chi connectivity index (χ0v) is 12.2. The minimum atomic E-state index is -0.255. The van der Waals surface area contributed by atoms with E-state index in [0.29, 0.717) is 6.54 Å². The third-order valence-electron chi connectivity index (χ3n) is 3.23. The van der Waals surface area contributed by atoms with Crippen molar-refractivity contribution >= 4 is 29.3 Å². The molecular weight excluding hydrogens is 254 g/mol. The highest BCUT2D eigenvalue weighted by Gasteiger charge is 2.17. The first-order valence-corrected chi connectivity index (χ1v) is 7.03. The summed E-state index contributed by atoms with van der Waals surface area (Å²) in [5.41, 5.74) is 1.13. The molecule has 2 nitrogen and oxygen atoms in total. The van der Waals surface area contributed by atoms with Gasteiger partial charge in [-0.15, -0.1) is 0 Å². The van der Waals surface area contributed by atoms with E-state index in [1.54, 1.807) is 0 Å². The Balaban J connectivity index is 2.12. The highest BCUT2D eigenvalue weighted by molar-refractivity contribution is 7.81. The lowest BCUT2D eigenvalue weighted by molar-refractivity contribution is -0.121. The highest BCUT2D eigenvalue weighted by atomic mass is 32.1. The molecule has 1 amide bonds. The summed E-state index contributed by atoms with van der Waals surface area (Å²) in [4.78, 5) is 11.9. The number of hydrogen-bond acceptors (Lipinski definition) is 2. The van der Waals surface area contributed by atoms with Crippen LogP contribution in [0.5, 0.6) is 0 Å². The lowest BCUT2D eigenvalue weighted by Gasteiger charge is -2.15. The van der Waals surface area contributed by atoms with Gasteiger partial charge in [0.05, 0.1) is 5.25 Å². The second-order valence-electron chi connectivity index (χ2n) is 5.04. The molecule has 2 rings (SSSR count). The van der Waals surface area contributed by atoms with E-state index >= 15 is 0 Å². The topological polar surface area (TPSA) is 29.1 Å². The van der Waals surface area contributed by atoms with Gasteiger partial charge in [-0.1, -0.05) is 56.3 Å². The van der Waals surface area contributed by atoms with E-state index in [-0.39, 0.29) is 17.1 Å². The fraction of sp³-hybridized carbons (Fsp3) is 0.312. The maximum atomic E-state index is 11.9. The zero-order chi connectivity index (χ0) is 13.8. The Morgan fingerprint density at radius 1 is 1.16 bits per heavy atom. The molecular formula is C16H19NOS. The van der Waals surface area contributed by atoms with Crippen molar-refractivity contribution < 1.29 is 4.79 Å². The molecule has 0 aromatic heterocycles. The lowest BCUT2D eigenvalue weighted by Crippen LogP contribution is -2.33. The molecule has 0 saturated heterocycles. The molecule has 19 heavy (non-hydrogen) atoms. The summed E-state index contributed by atoms with van der Waals surface area (Å²) in [6.07, 6.45) is 0. The largest absolute Gasteiger partial charge is 0.351 e. The molecule has 0 spiro atoms. The van der Waals surface area contributed by atoms with Crippen molar-refractivity contribution in [3.8, 4) is 0 Å². The molecule has 0 heterocycles. The van der Waals surface area contributed by atoms with Crippen LogP contribution in [0.2, 0.25) is 0 Å². The van der Waals surface area contributed by atoms with Crippen molar-refractivity contribution in [1.82, 2.24) is 5.32 Å². The highest BCUT2D eigenvalue weighted by Crippen LogP contribution is 2.18. The van der Waals surface area contributed by atoms with Gasteiger partial charge in [0, 0.05) is 6.54 Å². The molecule has 100 valence electrons.